The Balaban J connectivity index is 2.48. The van der Waals surface area contributed by atoms with Gasteiger partial charge in [-0.25, -0.2) is 9.97 Å². The number of hydrogen-bond acceptors (Lipinski definition) is 7. The van der Waals surface area contributed by atoms with Gasteiger partial charge in [0, 0.05) is 19.4 Å². The van der Waals surface area contributed by atoms with Crippen LogP contribution >= 0.6 is 11.8 Å². The lowest BCUT2D eigenvalue weighted by atomic mass is 10.4. The Labute approximate surface area is 106 Å². The van der Waals surface area contributed by atoms with Crippen LogP contribution in [0.3, 0.4) is 0 Å². The first-order valence-electron chi connectivity index (χ1n) is 5.00. The fraction of sp³-hybridized carbons (Fsp3) is 0.222. The lowest BCUT2D eigenvalue weighted by molar-refractivity contribution is -0.389. The molecule has 0 spiro atoms. The molecule has 94 valence electrons. The summed E-state index contributed by atoms with van der Waals surface area (Å²) < 4.78 is 0. The summed E-state index contributed by atoms with van der Waals surface area (Å²) in [5.41, 5.74) is 0.212. The molecular formula is C9H10N6O2S. The van der Waals surface area contributed by atoms with Crippen LogP contribution in [0.1, 0.15) is 5.69 Å². The average molecular weight is 266 g/mol. The Bertz CT molecular complexity index is 571. The molecule has 9 heteroatoms. The predicted octanol–water partition coefficient (Wildman–Crippen LogP) is 1.61. The molecule has 0 atom stereocenters. The largest absolute Gasteiger partial charge is 0.357 e. The number of aryl methyl sites for hydroxylation is 1. The van der Waals surface area contributed by atoms with Gasteiger partial charge >= 0.3 is 5.69 Å². The zero-order valence-electron chi connectivity index (χ0n) is 9.67. The van der Waals surface area contributed by atoms with Gasteiger partial charge in [-0.2, -0.15) is 4.98 Å². The summed E-state index contributed by atoms with van der Waals surface area (Å²) >= 11 is 1.09. The van der Waals surface area contributed by atoms with E-state index in [0.29, 0.717) is 16.8 Å². The van der Waals surface area contributed by atoms with Gasteiger partial charge in [-0.15, -0.1) is 0 Å². The fourth-order valence-corrected chi connectivity index (χ4v) is 2.21. The minimum Gasteiger partial charge on any atom is -0.357 e. The second-order valence-electron chi connectivity index (χ2n) is 3.29. The van der Waals surface area contributed by atoms with Crippen molar-refractivity contribution < 1.29 is 4.92 Å². The van der Waals surface area contributed by atoms with E-state index in [1.54, 1.807) is 26.4 Å². The number of rotatable bonds is 4. The standard InChI is InChI=1S/C9H10N6O2S/c1-5-6(15(16)17)7(14-8(10-2)13-5)18-9-11-3-4-12-9/h3-4H,1-2H3,(H,11,12)(H,10,13,14). The number of nitrogens with one attached hydrogen (secondary N) is 2. The van der Waals surface area contributed by atoms with E-state index < -0.39 is 4.92 Å². The van der Waals surface area contributed by atoms with Gasteiger partial charge in [-0.05, 0) is 18.7 Å². The molecule has 0 fully saturated rings. The van der Waals surface area contributed by atoms with Gasteiger partial charge in [-0.1, -0.05) is 0 Å². The summed E-state index contributed by atoms with van der Waals surface area (Å²) in [5.74, 6) is 0.340. The number of hydrogen-bond donors (Lipinski definition) is 2. The lowest BCUT2D eigenvalue weighted by Gasteiger charge is -2.05. The van der Waals surface area contributed by atoms with E-state index in [9.17, 15) is 10.1 Å². The molecule has 0 saturated heterocycles. The van der Waals surface area contributed by atoms with Gasteiger partial charge in [0.1, 0.15) is 5.69 Å². The van der Waals surface area contributed by atoms with Crippen LogP contribution in [0.5, 0.6) is 0 Å². The van der Waals surface area contributed by atoms with Crippen molar-refractivity contribution in [3.05, 3.63) is 28.2 Å². The monoisotopic (exact) mass is 266 g/mol. The van der Waals surface area contributed by atoms with E-state index in [0.717, 1.165) is 11.8 Å². The van der Waals surface area contributed by atoms with Gasteiger partial charge < -0.3 is 10.3 Å². The fourth-order valence-electron chi connectivity index (χ4n) is 1.33. The van der Waals surface area contributed by atoms with Crippen LogP contribution in [0.4, 0.5) is 11.6 Å². The van der Waals surface area contributed by atoms with E-state index >= 15 is 0 Å². The number of nitro groups is 1. The van der Waals surface area contributed by atoms with E-state index in [-0.39, 0.29) is 10.7 Å². The average Bonchev–Trinajstić information content (AvgIpc) is 2.80. The van der Waals surface area contributed by atoms with E-state index in [2.05, 4.69) is 25.3 Å². The second kappa shape index (κ2) is 5.00. The smallest absolute Gasteiger partial charge is 0.322 e. The maximum Gasteiger partial charge on any atom is 0.322 e. The Hall–Kier alpha value is -2.16. The zero-order chi connectivity index (χ0) is 13.1. The summed E-state index contributed by atoms with van der Waals surface area (Å²) in [6.45, 7) is 1.58. The van der Waals surface area contributed by atoms with Gasteiger partial charge in [0.05, 0.1) is 4.92 Å². The highest BCUT2D eigenvalue weighted by Gasteiger charge is 2.23. The number of imidazole rings is 1. The quantitative estimate of drug-likeness (QED) is 0.491. The third-order valence-corrected chi connectivity index (χ3v) is 2.99. The first kappa shape index (κ1) is 12.3. The number of nitrogens with zero attached hydrogens (tertiary/aromatic N) is 4. The van der Waals surface area contributed by atoms with Crippen molar-refractivity contribution in [1.82, 2.24) is 19.9 Å². The lowest BCUT2D eigenvalue weighted by Crippen LogP contribution is -2.04. The highest BCUT2D eigenvalue weighted by atomic mass is 32.2. The maximum atomic E-state index is 11.0. The topological polar surface area (TPSA) is 110 Å². The van der Waals surface area contributed by atoms with Crippen LogP contribution in [0.2, 0.25) is 0 Å². The van der Waals surface area contributed by atoms with Gasteiger partial charge in [-0.3, -0.25) is 10.1 Å². The summed E-state index contributed by atoms with van der Waals surface area (Å²) in [7, 11) is 1.65. The maximum absolute atomic E-state index is 11.0. The molecule has 2 N–H and O–H groups in total. The van der Waals surface area contributed by atoms with Crippen molar-refractivity contribution in [3.63, 3.8) is 0 Å². The molecule has 0 aliphatic rings. The molecular weight excluding hydrogens is 256 g/mol. The molecule has 2 rings (SSSR count). The zero-order valence-corrected chi connectivity index (χ0v) is 10.5. The second-order valence-corrected chi connectivity index (χ2v) is 4.27. The Kier molecular flexibility index (Phi) is 3.42. The Morgan fingerprint density at radius 2 is 2.28 bits per heavy atom. The van der Waals surface area contributed by atoms with Crippen molar-refractivity contribution in [1.29, 1.82) is 0 Å². The summed E-state index contributed by atoms with van der Waals surface area (Å²) in [6, 6.07) is 0. The van der Waals surface area contributed by atoms with Gasteiger partial charge in [0.15, 0.2) is 10.2 Å². The Morgan fingerprint density at radius 1 is 1.50 bits per heavy atom. The van der Waals surface area contributed by atoms with Crippen molar-refractivity contribution in [2.75, 3.05) is 12.4 Å². The molecule has 2 aromatic heterocycles. The molecule has 0 aliphatic heterocycles. The van der Waals surface area contributed by atoms with Gasteiger partial charge in [0.25, 0.3) is 0 Å². The van der Waals surface area contributed by atoms with Crippen LogP contribution in [-0.4, -0.2) is 31.9 Å². The minimum atomic E-state index is -0.486. The summed E-state index contributed by atoms with van der Waals surface area (Å²) in [6.07, 6.45) is 3.21. The van der Waals surface area contributed by atoms with Crippen LogP contribution < -0.4 is 5.32 Å². The molecule has 0 radical (unpaired) electrons. The molecule has 18 heavy (non-hydrogen) atoms. The van der Waals surface area contributed by atoms with Crippen molar-refractivity contribution in [3.8, 4) is 0 Å². The minimum absolute atomic E-state index is 0.101. The number of aromatic nitrogens is 4. The molecule has 0 aliphatic carbocycles. The highest BCUT2D eigenvalue weighted by molar-refractivity contribution is 7.99. The van der Waals surface area contributed by atoms with E-state index in [1.165, 1.54) is 0 Å². The summed E-state index contributed by atoms with van der Waals surface area (Å²) in [5, 5.41) is 14.6. The van der Waals surface area contributed by atoms with Crippen LogP contribution in [0, 0.1) is 17.0 Å². The summed E-state index contributed by atoms with van der Waals surface area (Å²) in [4.78, 5) is 25.5. The Morgan fingerprint density at radius 3 is 2.83 bits per heavy atom. The predicted molar refractivity (Wildman–Crippen MR) is 65.7 cm³/mol. The van der Waals surface area contributed by atoms with Gasteiger partial charge in [0.2, 0.25) is 5.95 Å². The number of anilines is 1. The molecule has 0 unspecified atom stereocenters. The highest BCUT2D eigenvalue weighted by Crippen LogP contribution is 2.33. The van der Waals surface area contributed by atoms with Crippen LogP contribution in [0.25, 0.3) is 0 Å². The number of aromatic amines is 1. The molecule has 8 nitrogen and oxygen atoms in total. The van der Waals surface area contributed by atoms with Crippen molar-refractivity contribution >= 4 is 23.4 Å². The third-order valence-electron chi connectivity index (χ3n) is 2.10. The third kappa shape index (κ3) is 2.40. The number of H-pyrrole nitrogens is 1. The van der Waals surface area contributed by atoms with Crippen molar-refractivity contribution in [2.45, 2.75) is 17.1 Å². The molecule has 0 bridgehead atoms. The first-order valence-corrected chi connectivity index (χ1v) is 5.81. The normalized spacial score (nSPS) is 10.3. The molecule has 2 heterocycles. The SMILES string of the molecule is CNc1nc(C)c([N+](=O)[O-])c(Sc2ncc[nH]2)n1. The van der Waals surface area contributed by atoms with E-state index in [1.807, 2.05) is 0 Å². The molecule has 2 aromatic rings. The van der Waals surface area contributed by atoms with E-state index in [4.69, 9.17) is 0 Å². The van der Waals surface area contributed by atoms with Crippen LogP contribution in [-0.2, 0) is 0 Å². The molecule has 0 saturated carbocycles. The molecule has 0 aromatic carbocycles. The molecule has 0 amide bonds. The van der Waals surface area contributed by atoms with Crippen molar-refractivity contribution in [2.24, 2.45) is 0 Å². The first-order chi connectivity index (χ1) is 8.61. The van der Waals surface area contributed by atoms with Crippen LogP contribution in [0.15, 0.2) is 22.6 Å².